The molecule has 0 saturated heterocycles. The average Bonchev–Trinajstić information content (AvgIpc) is 3.50. The number of nitrogens with zero attached hydrogens (tertiary/aromatic N) is 2. The fourth-order valence-corrected chi connectivity index (χ4v) is 4.71. The van der Waals surface area contributed by atoms with Crippen LogP contribution >= 0.6 is 0 Å². The summed E-state index contributed by atoms with van der Waals surface area (Å²) in [5.41, 5.74) is 8.99. The highest BCUT2D eigenvalue weighted by Gasteiger charge is 2.42. The number of methoxy groups -OCH3 is 1. The van der Waals surface area contributed by atoms with E-state index in [0.29, 0.717) is 11.8 Å². The van der Waals surface area contributed by atoms with E-state index in [1.807, 2.05) is 7.11 Å². The maximum absolute atomic E-state index is 5.49. The third-order valence-electron chi connectivity index (χ3n) is 7.01. The van der Waals surface area contributed by atoms with Gasteiger partial charge in [-0.2, -0.15) is 0 Å². The molecule has 0 aliphatic heterocycles. The van der Waals surface area contributed by atoms with Gasteiger partial charge >= 0.3 is 0 Å². The Labute approximate surface area is 190 Å². The number of aryl methyl sites for hydroxylation is 3. The molecule has 170 valence electrons. The number of aromatic nitrogens is 2. The van der Waals surface area contributed by atoms with Crippen molar-refractivity contribution in [3.8, 4) is 11.3 Å². The standard InChI is InChI=1S/C28H42N2O/c1-8-10-21(18-31-7)11-12-23-17-22(9-2)26(30-27(23)28(6)15-16-28)24-13-14-25(19(3)4)29-20(24)5/h13-14,17,19,21H,8-12,15-16,18H2,1-7H3/t21-/m0/s1. The van der Waals surface area contributed by atoms with E-state index in [2.05, 4.69) is 59.7 Å². The summed E-state index contributed by atoms with van der Waals surface area (Å²) in [5.74, 6) is 1.08. The van der Waals surface area contributed by atoms with Gasteiger partial charge in [0.15, 0.2) is 0 Å². The Morgan fingerprint density at radius 3 is 2.35 bits per heavy atom. The molecule has 1 aliphatic carbocycles. The monoisotopic (exact) mass is 422 g/mol. The molecular formula is C28H42N2O. The first-order chi connectivity index (χ1) is 14.8. The zero-order valence-electron chi connectivity index (χ0n) is 20.8. The molecule has 1 aliphatic rings. The molecule has 3 nitrogen and oxygen atoms in total. The molecule has 0 unspecified atom stereocenters. The van der Waals surface area contributed by atoms with E-state index in [9.17, 15) is 0 Å². The minimum atomic E-state index is 0.247. The van der Waals surface area contributed by atoms with E-state index >= 15 is 0 Å². The molecule has 3 rings (SSSR count). The van der Waals surface area contributed by atoms with Crippen LogP contribution in [-0.4, -0.2) is 23.7 Å². The van der Waals surface area contributed by atoms with Gasteiger partial charge in [-0.1, -0.05) is 47.1 Å². The van der Waals surface area contributed by atoms with E-state index in [1.54, 1.807) is 0 Å². The molecule has 2 heterocycles. The normalized spacial score (nSPS) is 16.0. The Morgan fingerprint density at radius 2 is 1.81 bits per heavy atom. The van der Waals surface area contributed by atoms with E-state index < -0.39 is 0 Å². The minimum absolute atomic E-state index is 0.247. The van der Waals surface area contributed by atoms with E-state index in [4.69, 9.17) is 14.7 Å². The third-order valence-corrected chi connectivity index (χ3v) is 7.01. The maximum atomic E-state index is 5.49. The van der Waals surface area contributed by atoms with Gasteiger partial charge in [-0.15, -0.1) is 0 Å². The molecular weight excluding hydrogens is 380 g/mol. The third kappa shape index (κ3) is 5.55. The number of ether oxygens (including phenoxy) is 1. The quantitative estimate of drug-likeness (QED) is 0.384. The van der Waals surface area contributed by atoms with Crippen molar-refractivity contribution in [2.75, 3.05) is 13.7 Å². The Bertz CT molecular complexity index is 877. The molecule has 1 atom stereocenters. The van der Waals surface area contributed by atoms with Crippen molar-refractivity contribution < 1.29 is 4.74 Å². The number of hydrogen-bond acceptors (Lipinski definition) is 3. The molecule has 0 bridgehead atoms. The molecule has 0 aromatic carbocycles. The molecule has 3 heteroatoms. The summed E-state index contributed by atoms with van der Waals surface area (Å²) in [4.78, 5) is 10.3. The zero-order valence-corrected chi connectivity index (χ0v) is 20.8. The van der Waals surface area contributed by atoms with Crippen LogP contribution < -0.4 is 0 Å². The van der Waals surface area contributed by atoms with Crippen LogP contribution in [0.5, 0.6) is 0 Å². The van der Waals surface area contributed by atoms with Crippen molar-refractivity contribution in [1.29, 1.82) is 0 Å². The van der Waals surface area contributed by atoms with Crippen LogP contribution in [0.15, 0.2) is 18.2 Å². The molecule has 0 radical (unpaired) electrons. The highest BCUT2D eigenvalue weighted by atomic mass is 16.5. The second-order valence-electron chi connectivity index (χ2n) is 10.1. The summed E-state index contributed by atoms with van der Waals surface area (Å²) < 4.78 is 5.49. The molecule has 0 amide bonds. The number of pyridine rings is 2. The molecule has 2 aromatic rings. The van der Waals surface area contributed by atoms with Gasteiger partial charge in [-0.25, -0.2) is 0 Å². The van der Waals surface area contributed by atoms with Gasteiger partial charge in [0.25, 0.3) is 0 Å². The zero-order chi connectivity index (χ0) is 22.6. The van der Waals surface area contributed by atoms with Crippen molar-refractivity contribution in [3.63, 3.8) is 0 Å². The Hall–Kier alpha value is -1.74. The summed E-state index contributed by atoms with van der Waals surface area (Å²) in [6.45, 7) is 14.3. The molecule has 0 N–H and O–H groups in total. The lowest BCUT2D eigenvalue weighted by Crippen LogP contribution is -2.14. The first-order valence-electron chi connectivity index (χ1n) is 12.3. The van der Waals surface area contributed by atoms with E-state index in [1.165, 1.54) is 54.5 Å². The van der Waals surface area contributed by atoms with Gasteiger partial charge in [0.2, 0.25) is 0 Å². The first-order valence-corrected chi connectivity index (χ1v) is 12.3. The van der Waals surface area contributed by atoms with E-state index in [-0.39, 0.29) is 5.41 Å². The minimum Gasteiger partial charge on any atom is -0.384 e. The van der Waals surface area contributed by atoms with E-state index in [0.717, 1.165) is 36.5 Å². The molecule has 1 fully saturated rings. The smallest absolute Gasteiger partial charge is 0.0755 e. The van der Waals surface area contributed by atoms with Gasteiger partial charge < -0.3 is 4.74 Å². The highest BCUT2D eigenvalue weighted by Crippen LogP contribution is 2.49. The largest absolute Gasteiger partial charge is 0.384 e. The van der Waals surface area contributed by atoms with Gasteiger partial charge in [0, 0.05) is 36.1 Å². The van der Waals surface area contributed by atoms with Gasteiger partial charge in [0.1, 0.15) is 0 Å². The summed E-state index contributed by atoms with van der Waals surface area (Å²) in [7, 11) is 1.83. The Balaban J connectivity index is 1.99. The average molecular weight is 423 g/mol. The highest BCUT2D eigenvalue weighted by molar-refractivity contribution is 5.67. The Kier molecular flexibility index (Phi) is 7.91. The summed E-state index contributed by atoms with van der Waals surface area (Å²) in [5, 5.41) is 0. The lowest BCUT2D eigenvalue weighted by atomic mass is 9.89. The van der Waals surface area contributed by atoms with Crippen LogP contribution in [-0.2, 0) is 23.0 Å². The molecule has 2 aromatic heterocycles. The maximum Gasteiger partial charge on any atom is 0.0755 e. The van der Waals surface area contributed by atoms with Crippen molar-refractivity contribution in [3.05, 3.63) is 46.4 Å². The first kappa shape index (κ1) is 23.9. The van der Waals surface area contributed by atoms with Crippen LogP contribution in [0.4, 0.5) is 0 Å². The summed E-state index contributed by atoms with van der Waals surface area (Å²) in [6.07, 6.45) is 8.22. The predicted octanol–water partition coefficient (Wildman–Crippen LogP) is 7.18. The predicted molar refractivity (Wildman–Crippen MR) is 131 cm³/mol. The van der Waals surface area contributed by atoms with Crippen LogP contribution in [0.25, 0.3) is 11.3 Å². The fourth-order valence-electron chi connectivity index (χ4n) is 4.71. The van der Waals surface area contributed by atoms with Crippen LogP contribution in [0.2, 0.25) is 0 Å². The Morgan fingerprint density at radius 1 is 1.06 bits per heavy atom. The van der Waals surface area contributed by atoms with Gasteiger partial charge in [-0.05, 0) is 80.5 Å². The lowest BCUT2D eigenvalue weighted by Gasteiger charge is -2.21. The van der Waals surface area contributed by atoms with Crippen LogP contribution in [0, 0.1) is 12.8 Å². The molecule has 31 heavy (non-hydrogen) atoms. The summed E-state index contributed by atoms with van der Waals surface area (Å²) in [6, 6.07) is 6.89. The fraction of sp³-hybridized carbons (Fsp3) is 0.643. The van der Waals surface area contributed by atoms with Crippen molar-refractivity contribution in [2.45, 2.75) is 97.8 Å². The number of hydrogen-bond donors (Lipinski definition) is 0. The SMILES string of the molecule is CCC[C@@H](CCc1cc(CC)c(-c2ccc(C(C)C)nc2C)nc1C1(C)CC1)COC. The summed E-state index contributed by atoms with van der Waals surface area (Å²) >= 11 is 0. The van der Waals surface area contributed by atoms with Crippen LogP contribution in [0.1, 0.15) is 101 Å². The van der Waals surface area contributed by atoms with Crippen molar-refractivity contribution in [2.24, 2.45) is 5.92 Å². The number of rotatable bonds is 11. The van der Waals surface area contributed by atoms with Gasteiger partial charge in [0.05, 0.1) is 11.4 Å². The topological polar surface area (TPSA) is 35.0 Å². The van der Waals surface area contributed by atoms with Crippen molar-refractivity contribution >= 4 is 0 Å². The molecule has 1 saturated carbocycles. The van der Waals surface area contributed by atoms with Gasteiger partial charge in [-0.3, -0.25) is 9.97 Å². The van der Waals surface area contributed by atoms with Crippen LogP contribution in [0.3, 0.4) is 0 Å². The van der Waals surface area contributed by atoms with Crippen molar-refractivity contribution in [1.82, 2.24) is 9.97 Å². The second kappa shape index (κ2) is 10.3. The second-order valence-corrected chi connectivity index (χ2v) is 10.1. The lowest BCUT2D eigenvalue weighted by molar-refractivity contribution is 0.143. The molecule has 0 spiro atoms.